The van der Waals surface area contributed by atoms with Gasteiger partial charge in [0.15, 0.2) is 0 Å². The Bertz CT molecular complexity index is 1030. The predicted octanol–water partition coefficient (Wildman–Crippen LogP) is 2.75. The number of nitrogens with zero attached hydrogens (tertiary/aromatic N) is 2. The summed E-state index contributed by atoms with van der Waals surface area (Å²) in [5, 5.41) is 22.6. The molecule has 3 N–H and O–H groups in total. The van der Waals surface area contributed by atoms with E-state index in [-0.39, 0.29) is 42.3 Å². The highest BCUT2D eigenvalue weighted by atomic mass is 16.3. The monoisotopic (exact) mass is 435 g/mol. The van der Waals surface area contributed by atoms with Gasteiger partial charge in [0.1, 0.15) is 5.75 Å². The van der Waals surface area contributed by atoms with Crippen molar-refractivity contribution >= 4 is 11.9 Å². The van der Waals surface area contributed by atoms with Crippen molar-refractivity contribution in [1.29, 1.82) is 0 Å². The molecule has 7 heteroatoms. The highest BCUT2D eigenvalue weighted by molar-refractivity contribution is 5.83. The van der Waals surface area contributed by atoms with E-state index in [2.05, 4.69) is 17.4 Å². The number of rotatable bonds is 3. The van der Waals surface area contributed by atoms with Gasteiger partial charge in [-0.05, 0) is 54.5 Å². The van der Waals surface area contributed by atoms with E-state index in [1.807, 2.05) is 17.0 Å². The van der Waals surface area contributed by atoms with Crippen molar-refractivity contribution in [3.8, 4) is 5.75 Å². The molecule has 5 rings (SSSR count). The second-order valence-corrected chi connectivity index (χ2v) is 9.02. The summed E-state index contributed by atoms with van der Waals surface area (Å²) in [5.41, 5.74) is 3.13. The van der Waals surface area contributed by atoms with E-state index >= 15 is 0 Å². The van der Waals surface area contributed by atoms with Gasteiger partial charge in [-0.1, -0.05) is 36.4 Å². The molecule has 3 heterocycles. The van der Waals surface area contributed by atoms with Crippen LogP contribution in [0.4, 0.5) is 4.79 Å². The van der Waals surface area contributed by atoms with Crippen LogP contribution in [0.3, 0.4) is 0 Å². The van der Waals surface area contributed by atoms with Gasteiger partial charge in [-0.25, -0.2) is 4.79 Å². The van der Waals surface area contributed by atoms with Crippen LogP contribution >= 0.6 is 0 Å². The van der Waals surface area contributed by atoms with Crippen LogP contribution in [0.5, 0.6) is 5.75 Å². The van der Waals surface area contributed by atoms with Gasteiger partial charge >= 0.3 is 6.03 Å². The zero-order valence-electron chi connectivity index (χ0n) is 18.0. The summed E-state index contributed by atoms with van der Waals surface area (Å²) in [7, 11) is 0. The SMILES string of the molecule is O=C(N[C@@H](CO)c1cccc(O)c1)N1CCC[C@H]2C(=O)N3CCc4ccccc4[C@@H]3C[C@H]21. The number of amides is 3. The Morgan fingerprint density at radius 3 is 2.81 bits per heavy atom. The minimum atomic E-state index is -0.624. The molecule has 0 radical (unpaired) electrons. The second-order valence-electron chi connectivity index (χ2n) is 9.02. The van der Waals surface area contributed by atoms with Crippen molar-refractivity contribution in [3.63, 3.8) is 0 Å². The molecule has 2 fully saturated rings. The van der Waals surface area contributed by atoms with E-state index in [0.29, 0.717) is 12.1 Å². The third-order valence-corrected chi connectivity index (χ3v) is 7.27. The van der Waals surface area contributed by atoms with E-state index < -0.39 is 6.04 Å². The first-order valence-electron chi connectivity index (χ1n) is 11.4. The van der Waals surface area contributed by atoms with Crippen LogP contribution in [-0.2, 0) is 11.2 Å². The lowest BCUT2D eigenvalue weighted by molar-refractivity contribution is -0.148. The Balaban J connectivity index is 1.38. The molecule has 2 saturated heterocycles. The third kappa shape index (κ3) is 3.60. The Morgan fingerprint density at radius 2 is 2.00 bits per heavy atom. The van der Waals surface area contributed by atoms with Crippen molar-refractivity contribution in [2.75, 3.05) is 19.7 Å². The van der Waals surface area contributed by atoms with Gasteiger partial charge in [0.05, 0.1) is 24.6 Å². The molecule has 0 aliphatic carbocycles. The number of nitrogens with one attached hydrogen (secondary N) is 1. The van der Waals surface area contributed by atoms with E-state index in [1.165, 1.54) is 11.1 Å². The largest absolute Gasteiger partial charge is 0.508 e. The van der Waals surface area contributed by atoms with Gasteiger partial charge in [-0.3, -0.25) is 4.79 Å². The minimum Gasteiger partial charge on any atom is -0.508 e. The molecule has 4 atom stereocenters. The Labute approximate surface area is 187 Å². The number of carbonyl (C=O) groups excluding carboxylic acids is 2. The summed E-state index contributed by atoms with van der Waals surface area (Å²) in [6, 6.07) is 13.8. The van der Waals surface area contributed by atoms with Gasteiger partial charge in [-0.2, -0.15) is 0 Å². The number of fused-ring (bicyclic) bond motifs is 4. The van der Waals surface area contributed by atoms with Gasteiger partial charge < -0.3 is 25.3 Å². The maximum atomic E-state index is 13.4. The van der Waals surface area contributed by atoms with Gasteiger partial charge in [0, 0.05) is 19.1 Å². The Morgan fingerprint density at radius 1 is 1.16 bits per heavy atom. The summed E-state index contributed by atoms with van der Waals surface area (Å²) in [6.07, 6.45) is 3.19. The normalized spacial score (nSPS) is 25.4. The highest BCUT2D eigenvalue weighted by Crippen LogP contribution is 2.43. The zero-order chi connectivity index (χ0) is 22.2. The fourth-order valence-electron chi connectivity index (χ4n) is 5.71. The van der Waals surface area contributed by atoms with Crippen molar-refractivity contribution in [3.05, 3.63) is 65.2 Å². The number of carbonyl (C=O) groups is 2. The van der Waals surface area contributed by atoms with Crippen molar-refractivity contribution in [2.24, 2.45) is 5.92 Å². The summed E-state index contributed by atoms with van der Waals surface area (Å²) >= 11 is 0. The first-order chi connectivity index (χ1) is 15.6. The molecule has 0 spiro atoms. The van der Waals surface area contributed by atoms with Crippen molar-refractivity contribution in [1.82, 2.24) is 15.1 Å². The number of aliphatic hydroxyl groups excluding tert-OH is 1. The topological polar surface area (TPSA) is 93.1 Å². The molecule has 168 valence electrons. The van der Waals surface area contributed by atoms with Crippen LogP contribution in [0.15, 0.2) is 48.5 Å². The van der Waals surface area contributed by atoms with Crippen molar-refractivity contribution < 1.29 is 19.8 Å². The van der Waals surface area contributed by atoms with E-state index in [4.69, 9.17) is 0 Å². The van der Waals surface area contributed by atoms with Crippen molar-refractivity contribution in [2.45, 2.75) is 43.8 Å². The lowest BCUT2D eigenvalue weighted by atomic mass is 9.76. The fourth-order valence-corrected chi connectivity index (χ4v) is 5.71. The number of phenolic OH excluding ortho intramolecular Hbond substituents is 1. The second kappa shape index (κ2) is 8.47. The van der Waals surface area contributed by atoms with Crippen LogP contribution < -0.4 is 5.32 Å². The average Bonchev–Trinajstić information content (AvgIpc) is 2.82. The lowest BCUT2D eigenvalue weighted by Crippen LogP contribution is -2.61. The van der Waals surface area contributed by atoms with Crippen LogP contribution in [0.25, 0.3) is 0 Å². The van der Waals surface area contributed by atoms with E-state index in [9.17, 15) is 19.8 Å². The highest BCUT2D eigenvalue weighted by Gasteiger charge is 2.48. The number of aromatic hydroxyl groups is 1. The number of hydrogen-bond acceptors (Lipinski definition) is 4. The molecule has 7 nitrogen and oxygen atoms in total. The van der Waals surface area contributed by atoms with Gasteiger partial charge in [-0.15, -0.1) is 0 Å². The number of hydrogen-bond donors (Lipinski definition) is 3. The van der Waals surface area contributed by atoms with Crippen LogP contribution in [0.2, 0.25) is 0 Å². The molecule has 2 aromatic rings. The Kier molecular flexibility index (Phi) is 5.51. The maximum Gasteiger partial charge on any atom is 0.318 e. The molecule has 3 aliphatic heterocycles. The number of aliphatic hydroxyl groups is 1. The first-order valence-corrected chi connectivity index (χ1v) is 11.4. The summed E-state index contributed by atoms with van der Waals surface area (Å²) in [5.74, 6) is 0.0662. The summed E-state index contributed by atoms with van der Waals surface area (Å²) in [4.78, 5) is 30.5. The molecule has 0 aromatic heterocycles. The minimum absolute atomic E-state index is 0.00168. The molecule has 3 amide bonds. The molecule has 0 unspecified atom stereocenters. The Hall–Kier alpha value is -3.06. The first kappa shape index (κ1) is 20.8. The molecule has 0 saturated carbocycles. The van der Waals surface area contributed by atoms with Crippen LogP contribution in [0.1, 0.15) is 48.0 Å². The lowest BCUT2D eigenvalue weighted by Gasteiger charge is -2.51. The van der Waals surface area contributed by atoms with Crippen LogP contribution in [-0.4, -0.2) is 57.7 Å². The molecule has 3 aliphatic rings. The third-order valence-electron chi connectivity index (χ3n) is 7.27. The number of urea groups is 1. The predicted molar refractivity (Wildman–Crippen MR) is 119 cm³/mol. The molecular formula is C25H29N3O4. The van der Waals surface area contributed by atoms with E-state index in [1.54, 1.807) is 29.2 Å². The summed E-state index contributed by atoms with van der Waals surface area (Å²) in [6.45, 7) is 1.05. The molecular weight excluding hydrogens is 406 g/mol. The number of piperidine rings is 2. The van der Waals surface area contributed by atoms with Gasteiger partial charge in [0.25, 0.3) is 0 Å². The molecule has 2 aromatic carbocycles. The molecule has 0 bridgehead atoms. The average molecular weight is 436 g/mol. The smallest absolute Gasteiger partial charge is 0.318 e. The molecule has 32 heavy (non-hydrogen) atoms. The van der Waals surface area contributed by atoms with Gasteiger partial charge in [0.2, 0.25) is 5.91 Å². The fraction of sp³-hybridized carbons (Fsp3) is 0.440. The summed E-state index contributed by atoms with van der Waals surface area (Å²) < 4.78 is 0. The number of likely N-dealkylation sites (tertiary alicyclic amines) is 1. The zero-order valence-corrected chi connectivity index (χ0v) is 18.0. The van der Waals surface area contributed by atoms with Crippen LogP contribution in [0, 0.1) is 5.92 Å². The number of benzene rings is 2. The standard InChI is InChI=1S/C25H29N3O4/c29-15-21(17-6-3-7-18(30)13-17)26-25(32)28-11-4-9-20-23(28)14-22-19-8-2-1-5-16(19)10-12-27(22)24(20)31/h1-3,5-8,13,20-23,29-30H,4,9-12,14-15H2,(H,26,32)/t20-,21+,22+,23-/m1/s1. The number of phenols is 1. The van der Waals surface area contributed by atoms with E-state index in [0.717, 1.165) is 32.2 Å². The quantitative estimate of drug-likeness (QED) is 0.691. The maximum absolute atomic E-state index is 13.4.